The van der Waals surface area contributed by atoms with E-state index in [0.717, 1.165) is 23.5 Å². The topological polar surface area (TPSA) is 42.4 Å². The number of alkyl halides is 3. The van der Waals surface area contributed by atoms with E-state index in [1.54, 1.807) is 0 Å². The van der Waals surface area contributed by atoms with E-state index in [0.29, 0.717) is 9.48 Å². The van der Waals surface area contributed by atoms with Gasteiger partial charge in [0.25, 0.3) is 5.19 Å². The molecule has 2 aromatic rings. The van der Waals surface area contributed by atoms with Gasteiger partial charge >= 0.3 is 6.18 Å². The van der Waals surface area contributed by atoms with Crippen molar-refractivity contribution in [3.8, 4) is 10.9 Å². The molecule has 102 valence electrons. The molecule has 8 heteroatoms. The fourth-order valence-electron chi connectivity index (χ4n) is 1.29. The summed E-state index contributed by atoms with van der Waals surface area (Å²) in [6, 6.07) is 4.52. The van der Waals surface area contributed by atoms with Gasteiger partial charge in [0.1, 0.15) is 5.75 Å². The molecule has 0 unspecified atom stereocenters. The van der Waals surface area contributed by atoms with Crippen LogP contribution in [0.15, 0.2) is 28.1 Å². The van der Waals surface area contributed by atoms with Crippen LogP contribution in [-0.4, -0.2) is 10.1 Å². The van der Waals surface area contributed by atoms with Gasteiger partial charge in [0.2, 0.25) is 0 Å². The van der Waals surface area contributed by atoms with Crippen LogP contribution in [0.4, 0.5) is 13.2 Å². The highest BCUT2D eigenvalue weighted by Gasteiger charge is 2.30. The van der Waals surface area contributed by atoms with E-state index in [1.165, 1.54) is 12.1 Å². The number of ether oxygens (including phenoxy) is 1. The van der Waals surface area contributed by atoms with Gasteiger partial charge in [0.15, 0.2) is 0 Å². The lowest BCUT2D eigenvalue weighted by Crippen LogP contribution is -2.04. The van der Waals surface area contributed by atoms with E-state index in [1.807, 2.05) is 0 Å². The van der Waals surface area contributed by atoms with Crippen LogP contribution in [0.3, 0.4) is 0 Å². The van der Waals surface area contributed by atoms with Crippen LogP contribution in [0.1, 0.15) is 11.3 Å². The lowest BCUT2D eigenvalue weighted by atomic mass is 10.2. The minimum Gasteiger partial charge on any atom is -0.431 e. The molecule has 2 rings (SSSR count). The summed E-state index contributed by atoms with van der Waals surface area (Å²) in [6.45, 7) is -0.275. The molecular formula is C11H7BrF3NO2S. The molecule has 0 aliphatic heterocycles. The number of hydrogen-bond acceptors (Lipinski definition) is 4. The number of aliphatic hydroxyl groups excluding tert-OH is 1. The molecule has 0 fully saturated rings. The second kappa shape index (κ2) is 5.48. The Morgan fingerprint density at radius 1 is 1.37 bits per heavy atom. The number of aromatic nitrogens is 1. The van der Waals surface area contributed by atoms with Crippen molar-refractivity contribution in [2.75, 3.05) is 0 Å². The van der Waals surface area contributed by atoms with Crippen LogP contribution in [0.2, 0.25) is 0 Å². The molecule has 3 nitrogen and oxygen atoms in total. The zero-order valence-corrected chi connectivity index (χ0v) is 11.6. The van der Waals surface area contributed by atoms with Crippen molar-refractivity contribution in [2.45, 2.75) is 12.8 Å². The quantitative estimate of drug-likeness (QED) is 0.898. The van der Waals surface area contributed by atoms with Gasteiger partial charge < -0.3 is 9.84 Å². The first kappa shape index (κ1) is 14.3. The van der Waals surface area contributed by atoms with Gasteiger partial charge in [0.05, 0.1) is 21.7 Å². The summed E-state index contributed by atoms with van der Waals surface area (Å²) in [7, 11) is 0. The third kappa shape index (κ3) is 3.46. The van der Waals surface area contributed by atoms with E-state index in [9.17, 15) is 13.2 Å². The van der Waals surface area contributed by atoms with Gasteiger partial charge in [-0.05, 0) is 34.1 Å². The summed E-state index contributed by atoms with van der Waals surface area (Å²) >= 11 is 4.26. The zero-order valence-electron chi connectivity index (χ0n) is 9.24. The third-order valence-electron chi connectivity index (χ3n) is 2.15. The standard InChI is InChI=1S/C11H7BrF3NO2S/c12-9-8(5-17)16-10(19-9)18-7-3-1-2-6(4-7)11(13,14)15/h1-4,17H,5H2. The fraction of sp³-hybridized carbons (Fsp3) is 0.182. The van der Waals surface area contributed by atoms with Crippen LogP contribution in [0, 0.1) is 0 Å². The lowest BCUT2D eigenvalue weighted by Gasteiger charge is -2.08. The maximum atomic E-state index is 12.5. The maximum absolute atomic E-state index is 12.5. The summed E-state index contributed by atoms with van der Waals surface area (Å²) in [5.74, 6) is 0.0422. The number of halogens is 4. The normalized spacial score (nSPS) is 11.6. The third-order valence-corrected chi connectivity index (χ3v) is 3.85. The van der Waals surface area contributed by atoms with E-state index >= 15 is 0 Å². The van der Waals surface area contributed by atoms with Gasteiger partial charge in [-0.2, -0.15) is 13.2 Å². The average Bonchev–Trinajstić information content (AvgIpc) is 2.68. The summed E-state index contributed by atoms with van der Waals surface area (Å²) in [4.78, 5) is 3.93. The van der Waals surface area contributed by atoms with E-state index in [-0.39, 0.29) is 17.6 Å². The molecule has 0 saturated heterocycles. The first-order chi connectivity index (χ1) is 8.90. The van der Waals surface area contributed by atoms with Gasteiger partial charge in [-0.1, -0.05) is 17.4 Å². The molecule has 0 bridgehead atoms. The Kier molecular flexibility index (Phi) is 4.12. The van der Waals surface area contributed by atoms with Crippen LogP contribution >= 0.6 is 27.3 Å². The monoisotopic (exact) mass is 353 g/mol. The Morgan fingerprint density at radius 3 is 2.68 bits per heavy atom. The molecule has 0 amide bonds. The Labute approximate surface area is 118 Å². The van der Waals surface area contributed by atoms with Crippen LogP contribution < -0.4 is 4.74 Å². The van der Waals surface area contributed by atoms with Crippen LogP contribution in [0.5, 0.6) is 10.9 Å². The van der Waals surface area contributed by atoms with Crippen molar-refractivity contribution < 1.29 is 23.0 Å². The second-order valence-electron chi connectivity index (χ2n) is 3.49. The van der Waals surface area contributed by atoms with E-state index < -0.39 is 11.7 Å². The number of rotatable bonds is 3. The number of nitrogens with zero attached hydrogens (tertiary/aromatic N) is 1. The minimum atomic E-state index is -4.42. The first-order valence-corrected chi connectivity index (χ1v) is 6.62. The van der Waals surface area contributed by atoms with Crippen molar-refractivity contribution >= 4 is 27.3 Å². The second-order valence-corrected chi connectivity index (χ2v) is 5.77. The van der Waals surface area contributed by atoms with E-state index in [2.05, 4.69) is 20.9 Å². The summed E-state index contributed by atoms with van der Waals surface area (Å²) in [5.41, 5.74) is -0.407. The average molecular weight is 354 g/mol. The fourth-order valence-corrected chi connectivity index (χ4v) is 2.59. The van der Waals surface area contributed by atoms with Crippen molar-refractivity contribution in [3.63, 3.8) is 0 Å². The summed E-state index contributed by atoms with van der Waals surface area (Å²) in [5, 5.41) is 9.12. The van der Waals surface area contributed by atoms with Crippen molar-refractivity contribution in [1.82, 2.24) is 4.98 Å². The molecule has 0 aliphatic rings. The maximum Gasteiger partial charge on any atom is 0.416 e. The van der Waals surface area contributed by atoms with Gasteiger partial charge in [0, 0.05) is 0 Å². The molecule has 1 heterocycles. The Morgan fingerprint density at radius 2 is 2.11 bits per heavy atom. The zero-order chi connectivity index (χ0) is 14.0. The number of benzene rings is 1. The SMILES string of the molecule is OCc1nc(Oc2cccc(C(F)(F)F)c2)sc1Br. The molecule has 0 aliphatic carbocycles. The van der Waals surface area contributed by atoms with Crippen molar-refractivity contribution in [2.24, 2.45) is 0 Å². The predicted molar refractivity (Wildman–Crippen MR) is 67.3 cm³/mol. The Bertz CT molecular complexity index is 586. The molecule has 1 N–H and O–H groups in total. The summed E-state index contributed by atoms with van der Waals surface area (Å²) < 4.78 is 43.4. The Hall–Kier alpha value is -1.12. The van der Waals surface area contributed by atoms with Gasteiger partial charge in [-0.25, -0.2) is 4.98 Å². The molecule has 0 atom stereocenters. The largest absolute Gasteiger partial charge is 0.431 e. The highest BCUT2D eigenvalue weighted by atomic mass is 79.9. The lowest BCUT2D eigenvalue weighted by molar-refractivity contribution is -0.137. The summed E-state index contributed by atoms with van der Waals surface area (Å²) in [6.07, 6.45) is -4.42. The molecular weight excluding hydrogens is 347 g/mol. The molecule has 0 spiro atoms. The van der Waals surface area contributed by atoms with E-state index in [4.69, 9.17) is 9.84 Å². The van der Waals surface area contributed by atoms with Crippen LogP contribution in [0.25, 0.3) is 0 Å². The number of thiazole rings is 1. The molecule has 1 aromatic heterocycles. The minimum absolute atomic E-state index is 0.0422. The van der Waals surface area contributed by atoms with Crippen LogP contribution in [-0.2, 0) is 12.8 Å². The molecule has 19 heavy (non-hydrogen) atoms. The predicted octanol–water partition coefficient (Wildman–Crippen LogP) is 4.21. The van der Waals surface area contributed by atoms with Crippen molar-refractivity contribution in [1.29, 1.82) is 0 Å². The Balaban J connectivity index is 2.23. The molecule has 0 radical (unpaired) electrons. The first-order valence-electron chi connectivity index (χ1n) is 5.01. The van der Waals surface area contributed by atoms with Gasteiger partial charge in [-0.3, -0.25) is 0 Å². The van der Waals surface area contributed by atoms with Gasteiger partial charge in [-0.15, -0.1) is 0 Å². The number of aliphatic hydroxyl groups is 1. The molecule has 0 saturated carbocycles. The smallest absolute Gasteiger partial charge is 0.416 e. The molecule has 1 aromatic carbocycles. The number of hydrogen-bond donors (Lipinski definition) is 1. The highest BCUT2D eigenvalue weighted by Crippen LogP contribution is 2.35. The van der Waals surface area contributed by atoms with Crippen molar-refractivity contribution in [3.05, 3.63) is 39.3 Å². The highest BCUT2D eigenvalue weighted by molar-refractivity contribution is 9.11.